The SMILES string of the molecule is CO[C@H]1/C=C\C[C@@H](OC)[C@@H](C)S(=O)(=O)NC(=O)c2ccc3c(c2)N(C[C@@H]2CC[C@H]21)C[C@@]1(CCCc2cc(Cl)ccc21)CO3. The summed E-state index contributed by atoms with van der Waals surface area (Å²) in [5.74, 6) is 0.743. The third-order valence-electron chi connectivity index (χ3n) is 10.2. The molecule has 6 rings (SSSR count). The Balaban J connectivity index is 1.43. The van der Waals surface area contributed by atoms with Gasteiger partial charge in [-0.25, -0.2) is 13.1 Å². The molecule has 2 aromatic carbocycles. The minimum absolute atomic E-state index is 0.0867. The summed E-state index contributed by atoms with van der Waals surface area (Å²) in [5.41, 5.74) is 3.39. The Kier molecular flexibility index (Phi) is 8.54. The van der Waals surface area contributed by atoms with Crippen molar-refractivity contribution in [2.24, 2.45) is 11.8 Å². The molecule has 1 amide bonds. The standard InChI is InChI=1S/C33H41ClN2O6S/c1-21-29(40-2)7-4-8-30(41-3)26-12-9-24(26)18-36-19-33(15-5-6-22-16-25(34)11-13-27(22)33)20-42-31-14-10-23(17-28(31)36)32(37)35-43(21,38)39/h4,8,10-11,13-14,16-17,21,24,26,29-30H,5-7,9,12,15,18-20H2,1-3H3,(H,35,37)/b8-4-/t21-,24+,26-,29-,30+,33+/m1/s1. The van der Waals surface area contributed by atoms with Crippen molar-refractivity contribution in [2.45, 2.75) is 68.3 Å². The molecule has 0 unspecified atom stereocenters. The predicted octanol–water partition coefficient (Wildman–Crippen LogP) is 5.28. The number of benzene rings is 2. The Morgan fingerprint density at radius 2 is 1.95 bits per heavy atom. The van der Waals surface area contributed by atoms with Gasteiger partial charge in [0.15, 0.2) is 0 Å². The van der Waals surface area contributed by atoms with E-state index in [0.717, 1.165) is 55.9 Å². The third kappa shape index (κ3) is 5.81. The zero-order chi connectivity index (χ0) is 30.4. The van der Waals surface area contributed by atoms with E-state index in [1.54, 1.807) is 32.2 Å². The highest BCUT2D eigenvalue weighted by Gasteiger charge is 2.44. The number of carbonyl (C=O) groups is 1. The molecule has 1 saturated carbocycles. The van der Waals surface area contributed by atoms with Crippen LogP contribution in [0.4, 0.5) is 5.69 Å². The van der Waals surface area contributed by atoms with Gasteiger partial charge in [-0.05, 0) is 98.7 Å². The topological polar surface area (TPSA) is 94.2 Å². The van der Waals surface area contributed by atoms with E-state index >= 15 is 0 Å². The largest absolute Gasteiger partial charge is 0.490 e. The lowest BCUT2D eigenvalue weighted by molar-refractivity contribution is 0.0129. The van der Waals surface area contributed by atoms with Gasteiger partial charge in [0.25, 0.3) is 5.91 Å². The smallest absolute Gasteiger partial charge is 0.264 e. The van der Waals surface area contributed by atoms with Crippen molar-refractivity contribution < 1.29 is 27.4 Å². The molecule has 0 aromatic heterocycles. The van der Waals surface area contributed by atoms with Crippen LogP contribution in [0.25, 0.3) is 0 Å². The molecule has 43 heavy (non-hydrogen) atoms. The molecular weight excluding hydrogens is 588 g/mol. The van der Waals surface area contributed by atoms with Crippen molar-refractivity contribution >= 4 is 33.2 Å². The maximum absolute atomic E-state index is 13.4. The molecule has 2 aromatic rings. The average Bonchev–Trinajstić information content (AvgIpc) is 3.12. The van der Waals surface area contributed by atoms with Crippen LogP contribution in [0, 0.1) is 11.8 Å². The fourth-order valence-electron chi connectivity index (χ4n) is 7.50. The number of methoxy groups -OCH3 is 2. The number of ether oxygens (including phenoxy) is 3. The summed E-state index contributed by atoms with van der Waals surface area (Å²) in [6.07, 6.45) is 8.82. The van der Waals surface area contributed by atoms with Gasteiger partial charge >= 0.3 is 0 Å². The van der Waals surface area contributed by atoms with E-state index in [1.165, 1.54) is 18.2 Å². The van der Waals surface area contributed by atoms with Gasteiger partial charge in [-0.2, -0.15) is 0 Å². The van der Waals surface area contributed by atoms with Gasteiger partial charge in [-0.3, -0.25) is 4.79 Å². The molecule has 1 fully saturated rings. The summed E-state index contributed by atoms with van der Waals surface area (Å²) >= 11 is 6.40. The molecule has 6 atom stereocenters. The minimum Gasteiger partial charge on any atom is -0.490 e. The lowest BCUT2D eigenvalue weighted by Gasteiger charge is -2.46. The van der Waals surface area contributed by atoms with E-state index < -0.39 is 27.3 Å². The van der Waals surface area contributed by atoms with Gasteiger partial charge in [0.05, 0.1) is 24.5 Å². The molecule has 1 spiro atoms. The van der Waals surface area contributed by atoms with Crippen molar-refractivity contribution in [3.63, 3.8) is 0 Å². The van der Waals surface area contributed by atoms with Gasteiger partial charge in [0, 0.05) is 43.3 Å². The second-order valence-electron chi connectivity index (χ2n) is 12.6. The molecule has 2 bridgehead atoms. The maximum Gasteiger partial charge on any atom is 0.264 e. The molecule has 1 N–H and O–H groups in total. The Morgan fingerprint density at radius 1 is 1.12 bits per heavy atom. The van der Waals surface area contributed by atoms with Crippen LogP contribution in [0.3, 0.4) is 0 Å². The quantitative estimate of drug-likeness (QED) is 0.453. The van der Waals surface area contributed by atoms with E-state index in [-0.39, 0.29) is 17.1 Å². The second-order valence-corrected chi connectivity index (χ2v) is 15.1. The van der Waals surface area contributed by atoms with Crippen LogP contribution in [-0.4, -0.2) is 65.7 Å². The lowest BCUT2D eigenvalue weighted by atomic mass is 9.68. The Hall–Kier alpha value is -2.59. The van der Waals surface area contributed by atoms with Crippen LogP contribution >= 0.6 is 11.6 Å². The number of fused-ring (bicyclic) bond motifs is 4. The fraction of sp³-hybridized carbons (Fsp3) is 0.545. The summed E-state index contributed by atoms with van der Waals surface area (Å²) in [6, 6.07) is 11.4. The highest BCUT2D eigenvalue weighted by molar-refractivity contribution is 7.90. The third-order valence-corrected chi connectivity index (χ3v) is 12.2. The maximum atomic E-state index is 13.4. The lowest BCUT2D eigenvalue weighted by Crippen LogP contribution is -2.49. The summed E-state index contributed by atoms with van der Waals surface area (Å²) in [6.45, 7) is 3.58. The van der Waals surface area contributed by atoms with Crippen LogP contribution in [0.15, 0.2) is 48.6 Å². The number of rotatable bonds is 2. The molecule has 2 heterocycles. The van der Waals surface area contributed by atoms with Gasteiger partial charge in [0.1, 0.15) is 11.0 Å². The Morgan fingerprint density at radius 3 is 2.70 bits per heavy atom. The molecule has 10 heteroatoms. The van der Waals surface area contributed by atoms with Crippen LogP contribution in [-0.2, 0) is 31.3 Å². The van der Waals surface area contributed by atoms with Gasteiger partial charge in [-0.1, -0.05) is 29.8 Å². The average molecular weight is 629 g/mol. The predicted molar refractivity (Wildman–Crippen MR) is 168 cm³/mol. The minimum atomic E-state index is -4.02. The zero-order valence-corrected chi connectivity index (χ0v) is 26.6. The number of nitrogens with zero attached hydrogens (tertiary/aromatic N) is 1. The van der Waals surface area contributed by atoms with Gasteiger partial charge in [0.2, 0.25) is 10.0 Å². The number of nitrogens with one attached hydrogen (secondary N) is 1. The molecular formula is C33H41ClN2O6S. The summed E-state index contributed by atoms with van der Waals surface area (Å²) in [5, 5.41) is -0.205. The van der Waals surface area contributed by atoms with Gasteiger partial charge in [-0.15, -0.1) is 0 Å². The van der Waals surface area contributed by atoms with E-state index in [2.05, 4.69) is 21.8 Å². The van der Waals surface area contributed by atoms with Crippen molar-refractivity contribution in [3.05, 3.63) is 70.3 Å². The summed E-state index contributed by atoms with van der Waals surface area (Å²) < 4.78 is 46.9. The van der Waals surface area contributed by atoms with Crippen molar-refractivity contribution in [2.75, 3.05) is 38.8 Å². The van der Waals surface area contributed by atoms with Crippen molar-refractivity contribution in [1.29, 1.82) is 0 Å². The first-order valence-electron chi connectivity index (χ1n) is 15.2. The number of amides is 1. The van der Waals surface area contributed by atoms with E-state index in [1.807, 2.05) is 18.2 Å². The molecule has 4 aliphatic rings. The Labute approximate surface area is 259 Å². The normalized spacial score (nSPS) is 32.8. The fourth-order valence-corrected chi connectivity index (χ4v) is 8.87. The summed E-state index contributed by atoms with van der Waals surface area (Å²) in [7, 11) is -0.792. The van der Waals surface area contributed by atoms with Crippen LogP contribution < -0.4 is 14.4 Å². The molecule has 2 aliphatic carbocycles. The highest BCUT2D eigenvalue weighted by atomic mass is 35.5. The molecule has 0 radical (unpaired) electrons. The monoisotopic (exact) mass is 628 g/mol. The Bertz CT molecular complexity index is 1510. The number of hydrogen-bond donors (Lipinski definition) is 1. The molecule has 8 nitrogen and oxygen atoms in total. The highest BCUT2D eigenvalue weighted by Crippen LogP contribution is 2.47. The summed E-state index contributed by atoms with van der Waals surface area (Å²) in [4.78, 5) is 15.8. The number of anilines is 1. The molecule has 0 saturated heterocycles. The van der Waals surface area contributed by atoms with E-state index in [4.69, 9.17) is 25.8 Å². The van der Waals surface area contributed by atoms with E-state index in [9.17, 15) is 13.2 Å². The van der Waals surface area contributed by atoms with Crippen LogP contribution in [0.1, 0.15) is 60.5 Å². The number of sulfonamides is 1. The molecule has 2 aliphatic heterocycles. The van der Waals surface area contributed by atoms with Gasteiger partial charge < -0.3 is 19.1 Å². The van der Waals surface area contributed by atoms with Crippen LogP contribution in [0.5, 0.6) is 5.75 Å². The number of halogens is 1. The molecule has 232 valence electrons. The first-order valence-corrected chi connectivity index (χ1v) is 17.2. The first-order chi connectivity index (χ1) is 20.6. The zero-order valence-electron chi connectivity index (χ0n) is 25.1. The van der Waals surface area contributed by atoms with E-state index in [0.29, 0.717) is 30.6 Å². The second kappa shape index (κ2) is 12.1. The number of carbonyl (C=O) groups excluding carboxylic acids is 1. The first kappa shape index (κ1) is 30.4. The van der Waals surface area contributed by atoms with Crippen molar-refractivity contribution in [3.8, 4) is 5.75 Å². The van der Waals surface area contributed by atoms with Crippen LogP contribution in [0.2, 0.25) is 5.02 Å². The van der Waals surface area contributed by atoms with Crippen molar-refractivity contribution in [1.82, 2.24) is 4.72 Å². The number of hydrogen-bond acceptors (Lipinski definition) is 7. The number of aryl methyl sites for hydroxylation is 1.